The van der Waals surface area contributed by atoms with Gasteiger partial charge in [0.2, 0.25) is 17.7 Å². The average Bonchev–Trinajstić information content (AvgIpc) is 3.67. The number of carbonyl (C=O) groups is 4. The molecule has 0 aliphatic carbocycles. The van der Waals surface area contributed by atoms with Crippen LogP contribution in [0.1, 0.15) is 48.8 Å². The number of piperidine rings is 1. The molecule has 0 bridgehead atoms. The van der Waals surface area contributed by atoms with Crippen LogP contribution in [-0.2, 0) is 61.6 Å². The van der Waals surface area contributed by atoms with E-state index in [4.69, 9.17) is 37.4 Å². The molecular weight excluding hydrogens is 896 g/mol. The first-order valence-electron chi connectivity index (χ1n) is 22.2. The lowest BCUT2D eigenvalue weighted by Gasteiger charge is -2.45. The highest BCUT2D eigenvalue weighted by molar-refractivity contribution is 6.31. The van der Waals surface area contributed by atoms with Crippen molar-refractivity contribution >= 4 is 46.9 Å². The minimum absolute atomic E-state index is 0.110. The van der Waals surface area contributed by atoms with Gasteiger partial charge in [0, 0.05) is 73.3 Å². The lowest BCUT2D eigenvalue weighted by Crippen LogP contribution is -2.65. The van der Waals surface area contributed by atoms with Crippen molar-refractivity contribution in [2.45, 2.75) is 69.7 Å². The number of pyridine rings is 1. The Labute approximate surface area is 402 Å². The van der Waals surface area contributed by atoms with Crippen molar-refractivity contribution in [1.29, 1.82) is 0 Å². The van der Waals surface area contributed by atoms with Crippen LogP contribution in [0.3, 0.4) is 0 Å². The van der Waals surface area contributed by atoms with Crippen molar-refractivity contribution in [2.24, 2.45) is 13.0 Å². The van der Waals surface area contributed by atoms with E-state index in [-0.39, 0.29) is 38.4 Å². The van der Waals surface area contributed by atoms with Gasteiger partial charge in [0.1, 0.15) is 23.4 Å². The Morgan fingerprint density at radius 2 is 1.67 bits per heavy atom. The predicted molar refractivity (Wildman–Crippen MR) is 258 cm³/mol. The summed E-state index contributed by atoms with van der Waals surface area (Å²) in [4.78, 5) is 67.8. The Morgan fingerprint density at radius 1 is 0.925 bits per heavy atom. The number of ether oxygens (including phenoxy) is 3. The fourth-order valence-corrected chi connectivity index (χ4v) is 8.54. The number of hydrogen-bond donors (Lipinski definition) is 3. The van der Waals surface area contributed by atoms with Crippen LogP contribution in [0.4, 0.5) is 0 Å². The maximum atomic E-state index is 14.4. The Kier molecular flexibility index (Phi) is 17.9. The van der Waals surface area contributed by atoms with Crippen LogP contribution in [0.25, 0.3) is 11.3 Å². The topological polar surface area (TPSA) is 169 Å². The summed E-state index contributed by atoms with van der Waals surface area (Å²) < 4.78 is 18.8. The van der Waals surface area contributed by atoms with Crippen molar-refractivity contribution in [3.8, 4) is 22.8 Å². The zero-order chi connectivity index (χ0) is 48.1. The van der Waals surface area contributed by atoms with Crippen LogP contribution in [-0.4, -0.2) is 114 Å². The van der Waals surface area contributed by atoms with Gasteiger partial charge in [0.15, 0.2) is 0 Å². The van der Waals surface area contributed by atoms with Gasteiger partial charge in [0.05, 0.1) is 56.1 Å². The molecule has 4 atom stereocenters. The molecule has 0 saturated carbocycles. The Morgan fingerprint density at radius 3 is 2.36 bits per heavy atom. The van der Waals surface area contributed by atoms with E-state index in [1.165, 1.54) is 14.2 Å². The highest BCUT2D eigenvalue weighted by atomic mass is 35.5. The maximum Gasteiger partial charge on any atom is 0.306 e. The third kappa shape index (κ3) is 14.1. The van der Waals surface area contributed by atoms with Gasteiger partial charge in [-0.05, 0) is 107 Å². The number of methoxy groups -OCH3 is 2. The quantitative estimate of drug-likeness (QED) is 0.0697. The summed E-state index contributed by atoms with van der Waals surface area (Å²) >= 11 is 12.7. The average molecular weight is 956 g/mol. The normalized spacial score (nSPS) is 16.2. The van der Waals surface area contributed by atoms with Crippen LogP contribution in [0.5, 0.6) is 11.5 Å². The number of benzene rings is 3. The van der Waals surface area contributed by atoms with E-state index < -0.39 is 41.3 Å². The van der Waals surface area contributed by atoms with E-state index >= 15 is 0 Å². The molecule has 1 saturated heterocycles. The number of rotatable bonds is 21. The summed E-state index contributed by atoms with van der Waals surface area (Å²) in [5.74, 6) is -0.304. The zero-order valence-electron chi connectivity index (χ0n) is 38.9. The predicted octanol–water partition coefficient (Wildman–Crippen LogP) is 6.39. The molecule has 1 aliphatic rings. The van der Waals surface area contributed by atoms with Gasteiger partial charge in [-0.15, -0.1) is 0 Å². The number of amides is 3. The van der Waals surface area contributed by atoms with Gasteiger partial charge < -0.3 is 44.5 Å². The van der Waals surface area contributed by atoms with E-state index in [1.807, 2.05) is 81.9 Å². The summed E-state index contributed by atoms with van der Waals surface area (Å²) in [6, 6.07) is 24.0. The molecule has 3 amide bonds. The van der Waals surface area contributed by atoms with E-state index in [0.717, 1.165) is 34.8 Å². The second-order valence-corrected chi connectivity index (χ2v) is 18.2. The van der Waals surface area contributed by atoms with Gasteiger partial charge in [0.25, 0.3) is 0 Å². The Hall–Kier alpha value is -5.84. The van der Waals surface area contributed by atoms with Crippen LogP contribution in [0.15, 0.2) is 97.3 Å². The molecule has 2 aromatic heterocycles. The van der Waals surface area contributed by atoms with Crippen LogP contribution in [0.2, 0.25) is 10.0 Å². The number of nitrogens with one attached hydrogen (secondary N) is 3. The summed E-state index contributed by atoms with van der Waals surface area (Å²) in [5, 5.41) is 10.4. The van der Waals surface area contributed by atoms with E-state index in [0.29, 0.717) is 53.0 Å². The summed E-state index contributed by atoms with van der Waals surface area (Å²) in [7, 11) is 8.76. The van der Waals surface area contributed by atoms with E-state index in [9.17, 15) is 19.2 Å². The second kappa shape index (κ2) is 23.7. The lowest BCUT2D eigenvalue weighted by atomic mass is 9.82. The number of nitrogens with zero attached hydrogens (tertiary/aromatic N) is 5. The van der Waals surface area contributed by atoms with Crippen molar-refractivity contribution in [1.82, 2.24) is 40.3 Å². The van der Waals surface area contributed by atoms with Crippen LogP contribution in [0, 0.1) is 5.92 Å². The summed E-state index contributed by atoms with van der Waals surface area (Å²) in [5.41, 5.74) is 3.35. The smallest absolute Gasteiger partial charge is 0.306 e. The Bertz CT molecular complexity index is 2450. The molecule has 0 spiro atoms. The number of likely N-dealkylation sites (tertiary alicyclic amines) is 1. The Balaban J connectivity index is 1.13. The fraction of sp³-hybridized carbons (Fsp3) is 0.400. The first kappa shape index (κ1) is 50.6. The number of hydrogen-bond acceptors (Lipinski definition) is 11. The molecule has 0 radical (unpaired) electrons. The minimum Gasteiger partial charge on any atom is -0.469 e. The molecule has 3 heterocycles. The van der Waals surface area contributed by atoms with Crippen molar-refractivity contribution in [3.63, 3.8) is 0 Å². The third-order valence-electron chi connectivity index (χ3n) is 11.8. The van der Waals surface area contributed by atoms with Gasteiger partial charge in [-0.2, -0.15) is 0 Å². The molecule has 5 aromatic rings. The SMILES string of the molecule is COC[C@H](NC(=O)[C@H](C)NCc1ccc(Cl)cc1Oc1ccc(-c2cnc(CN(C)C)n2C)cc1)C(=O)N[C@@]1(Cc2ccc(Cl)cc2)CCCN(C(=O)[C@@H](CC(=O)OC)Cc2ccccn2)C1. The first-order valence-corrected chi connectivity index (χ1v) is 23.0. The lowest BCUT2D eigenvalue weighted by molar-refractivity contribution is -0.148. The minimum atomic E-state index is -1.07. The zero-order valence-corrected chi connectivity index (χ0v) is 40.4. The molecular formula is C50H60Cl2N8O7. The maximum absolute atomic E-state index is 14.4. The van der Waals surface area contributed by atoms with Crippen LogP contribution < -0.4 is 20.7 Å². The molecule has 3 N–H and O–H groups in total. The number of halogens is 2. The molecule has 17 heteroatoms. The van der Waals surface area contributed by atoms with Gasteiger partial charge in [-0.3, -0.25) is 24.2 Å². The van der Waals surface area contributed by atoms with Crippen LogP contribution >= 0.6 is 23.2 Å². The second-order valence-electron chi connectivity index (χ2n) is 17.3. The standard InChI is InChI=1S/C50H60Cl2N8O7/c1-33(54-28-36-13-18-39(52)26-44(36)67-41-19-14-35(15-20-41)43-29-55-45(59(43)4)30-58(2)3)47(62)56-42(31-65-5)48(63)57-50(27-34-11-16-38(51)17-12-34)21-9-23-60(32-50)49(64)37(25-46(61)66-6)24-40-10-7-8-22-53-40/h7-8,10-20,22,26,29,33,37,42,54H,9,21,23-25,27-28,30-32H2,1-6H3,(H,56,62)(H,57,63)/t33-,37+,42-,50+/m0/s1. The largest absolute Gasteiger partial charge is 0.469 e. The number of imidazole rings is 1. The molecule has 356 valence electrons. The molecule has 1 fully saturated rings. The van der Waals surface area contributed by atoms with Crippen molar-refractivity contribution < 1.29 is 33.4 Å². The molecule has 15 nitrogen and oxygen atoms in total. The molecule has 3 aromatic carbocycles. The van der Waals surface area contributed by atoms with E-state index in [1.54, 1.807) is 48.4 Å². The number of esters is 1. The fourth-order valence-electron chi connectivity index (χ4n) is 8.25. The van der Waals surface area contributed by atoms with Gasteiger partial charge >= 0.3 is 5.97 Å². The number of aromatic nitrogens is 3. The molecule has 0 unspecified atom stereocenters. The summed E-state index contributed by atoms with van der Waals surface area (Å²) in [6.07, 6.45) is 5.10. The highest BCUT2D eigenvalue weighted by Crippen LogP contribution is 2.32. The number of carbonyl (C=O) groups excluding carboxylic acids is 4. The van der Waals surface area contributed by atoms with Gasteiger partial charge in [-0.1, -0.05) is 47.5 Å². The first-order chi connectivity index (χ1) is 32.1. The third-order valence-corrected chi connectivity index (χ3v) is 12.3. The highest BCUT2D eigenvalue weighted by Gasteiger charge is 2.42. The van der Waals surface area contributed by atoms with Crippen molar-refractivity contribution in [3.05, 3.63) is 130 Å². The molecule has 67 heavy (non-hydrogen) atoms. The van der Waals surface area contributed by atoms with E-state index in [2.05, 4.69) is 35.4 Å². The molecule has 1 aliphatic heterocycles. The molecule has 6 rings (SSSR count). The summed E-state index contributed by atoms with van der Waals surface area (Å²) in [6.45, 7) is 3.15. The monoisotopic (exact) mass is 954 g/mol. The van der Waals surface area contributed by atoms with Crippen molar-refractivity contribution in [2.75, 3.05) is 48.0 Å². The van der Waals surface area contributed by atoms with Gasteiger partial charge in [-0.25, -0.2) is 4.98 Å².